The number of halogens is 2. The van der Waals surface area contributed by atoms with Crippen molar-refractivity contribution >= 4 is 21.6 Å². The molecule has 0 bridgehead atoms. The molecule has 2 rings (SSSR count). The smallest absolute Gasteiger partial charge is 0.189 e. The topological polar surface area (TPSA) is 44.5 Å². The zero-order valence-corrected chi connectivity index (χ0v) is 10.3. The van der Waals surface area contributed by atoms with E-state index >= 15 is 0 Å². The largest absolute Gasteiger partial charge is 0.465 e. The Morgan fingerprint density at radius 2 is 2.19 bits per heavy atom. The molecule has 1 aromatic rings. The highest BCUT2D eigenvalue weighted by Gasteiger charge is 2.21. The number of benzene rings is 1. The van der Waals surface area contributed by atoms with E-state index in [2.05, 4.69) is 15.9 Å². The Bertz CT molecular complexity index is 382. The first kappa shape index (κ1) is 11.7. The quantitative estimate of drug-likeness (QED) is 0.515. The Balaban J connectivity index is 1.85. The van der Waals surface area contributed by atoms with Gasteiger partial charge < -0.3 is 15.2 Å². The lowest BCUT2D eigenvalue weighted by molar-refractivity contribution is 0.0102. The predicted octanol–water partition coefficient (Wildman–Crippen LogP) is 2.93. The molecule has 1 fully saturated rings. The molecule has 3 nitrogen and oxygen atoms in total. The number of nitrogens with two attached hydrogens (primary N) is 1. The van der Waals surface area contributed by atoms with E-state index in [1.54, 1.807) is 0 Å². The second-order valence-corrected chi connectivity index (χ2v) is 4.73. The van der Waals surface area contributed by atoms with Gasteiger partial charge in [0.2, 0.25) is 0 Å². The highest BCUT2D eigenvalue weighted by atomic mass is 79.9. The van der Waals surface area contributed by atoms with Crippen LogP contribution in [-0.2, 0) is 4.74 Å². The minimum atomic E-state index is -0.397. The molecule has 0 heterocycles. The van der Waals surface area contributed by atoms with Crippen LogP contribution in [0, 0.1) is 11.7 Å². The van der Waals surface area contributed by atoms with Gasteiger partial charge in [0.25, 0.3) is 0 Å². The molecule has 0 unspecified atom stereocenters. The molecule has 16 heavy (non-hydrogen) atoms. The van der Waals surface area contributed by atoms with Crippen LogP contribution < -0.4 is 10.5 Å². The van der Waals surface area contributed by atoms with Crippen LogP contribution in [0.15, 0.2) is 16.6 Å². The van der Waals surface area contributed by atoms with Crippen LogP contribution in [0.1, 0.15) is 12.8 Å². The molecule has 0 radical (unpaired) electrons. The summed E-state index contributed by atoms with van der Waals surface area (Å²) in [5.74, 6) is 0.602. The summed E-state index contributed by atoms with van der Waals surface area (Å²) in [6, 6.07) is 2.73. The maximum absolute atomic E-state index is 13.2. The first-order valence-electron chi connectivity index (χ1n) is 5.12. The molecule has 0 amide bonds. The summed E-state index contributed by atoms with van der Waals surface area (Å²) in [5.41, 5.74) is 6.06. The third kappa shape index (κ3) is 3.09. The Hall–Kier alpha value is -0.810. The number of ether oxygens (including phenoxy) is 2. The summed E-state index contributed by atoms with van der Waals surface area (Å²) in [6.45, 7) is 0.820. The molecule has 5 heteroatoms. The molecule has 2 N–H and O–H groups in total. The molecule has 1 aromatic carbocycles. The first-order chi connectivity index (χ1) is 7.66. The van der Waals surface area contributed by atoms with Crippen molar-refractivity contribution in [3.63, 3.8) is 0 Å². The van der Waals surface area contributed by atoms with E-state index in [-0.39, 0.29) is 6.79 Å². The maximum Gasteiger partial charge on any atom is 0.189 e. The normalized spacial score (nSPS) is 15.1. The number of nitrogen functional groups attached to an aromatic ring is 1. The standard InChI is InChI=1S/C11H13BrFNO2/c12-8-3-10(14)11(4-9(8)13)16-6-15-5-7-1-2-7/h3-4,7H,1-2,5-6,14H2. The van der Waals surface area contributed by atoms with Gasteiger partial charge in [-0.1, -0.05) is 0 Å². The monoisotopic (exact) mass is 289 g/mol. The lowest BCUT2D eigenvalue weighted by Crippen LogP contribution is -2.06. The van der Waals surface area contributed by atoms with Crippen molar-refractivity contribution in [2.45, 2.75) is 12.8 Å². The van der Waals surface area contributed by atoms with Gasteiger partial charge in [-0.3, -0.25) is 0 Å². The summed E-state index contributed by atoms with van der Waals surface area (Å²) in [5, 5.41) is 0. The SMILES string of the molecule is Nc1cc(Br)c(F)cc1OCOCC1CC1. The zero-order valence-electron chi connectivity index (χ0n) is 8.71. The summed E-state index contributed by atoms with van der Waals surface area (Å²) in [4.78, 5) is 0. The van der Waals surface area contributed by atoms with Crippen LogP contribution >= 0.6 is 15.9 Å². The average Bonchev–Trinajstić information content (AvgIpc) is 3.04. The fraction of sp³-hybridized carbons (Fsp3) is 0.455. The van der Waals surface area contributed by atoms with Gasteiger partial charge in [-0.2, -0.15) is 0 Å². The lowest BCUT2D eigenvalue weighted by atomic mass is 10.3. The molecule has 1 saturated carbocycles. The Labute approximate surface area is 102 Å². The van der Waals surface area contributed by atoms with Crippen molar-refractivity contribution in [2.24, 2.45) is 5.92 Å². The van der Waals surface area contributed by atoms with E-state index in [0.717, 1.165) is 0 Å². The van der Waals surface area contributed by atoms with Crippen molar-refractivity contribution in [1.82, 2.24) is 0 Å². The van der Waals surface area contributed by atoms with Gasteiger partial charge in [-0.15, -0.1) is 0 Å². The summed E-state index contributed by atoms with van der Waals surface area (Å²) in [6.07, 6.45) is 2.46. The molecule has 88 valence electrons. The Morgan fingerprint density at radius 1 is 1.44 bits per heavy atom. The van der Waals surface area contributed by atoms with Crippen LogP contribution in [-0.4, -0.2) is 13.4 Å². The summed E-state index contributed by atoms with van der Waals surface area (Å²) < 4.78 is 24.0. The minimum absolute atomic E-state index is 0.113. The number of anilines is 1. The van der Waals surface area contributed by atoms with Gasteiger partial charge >= 0.3 is 0 Å². The van der Waals surface area contributed by atoms with E-state index in [9.17, 15) is 4.39 Å². The number of hydrogen-bond donors (Lipinski definition) is 1. The first-order valence-corrected chi connectivity index (χ1v) is 5.91. The fourth-order valence-electron chi connectivity index (χ4n) is 1.27. The summed E-state index contributed by atoms with van der Waals surface area (Å²) in [7, 11) is 0. The highest BCUT2D eigenvalue weighted by Crippen LogP contribution is 2.30. The van der Waals surface area contributed by atoms with Crippen molar-refractivity contribution in [3.05, 3.63) is 22.4 Å². The minimum Gasteiger partial charge on any atom is -0.465 e. The van der Waals surface area contributed by atoms with Crippen molar-refractivity contribution in [3.8, 4) is 5.75 Å². The van der Waals surface area contributed by atoms with Crippen LogP contribution in [0.25, 0.3) is 0 Å². The van der Waals surface area contributed by atoms with E-state index < -0.39 is 5.82 Å². The Kier molecular flexibility index (Phi) is 3.66. The van der Waals surface area contributed by atoms with Gasteiger partial charge in [0.05, 0.1) is 16.8 Å². The molecule has 0 aliphatic heterocycles. The van der Waals surface area contributed by atoms with Crippen molar-refractivity contribution in [2.75, 3.05) is 19.1 Å². The second-order valence-electron chi connectivity index (χ2n) is 3.88. The lowest BCUT2D eigenvalue weighted by Gasteiger charge is -2.09. The van der Waals surface area contributed by atoms with Crippen LogP contribution in [0.3, 0.4) is 0 Å². The molecule has 0 atom stereocenters. The predicted molar refractivity (Wildman–Crippen MR) is 62.7 cm³/mol. The fourth-order valence-corrected chi connectivity index (χ4v) is 1.63. The molecule has 1 aliphatic carbocycles. The van der Waals surface area contributed by atoms with E-state index in [4.69, 9.17) is 15.2 Å². The molecular weight excluding hydrogens is 277 g/mol. The summed E-state index contributed by atoms with van der Waals surface area (Å²) >= 11 is 3.05. The van der Waals surface area contributed by atoms with Crippen LogP contribution in [0.5, 0.6) is 5.75 Å². The third-order valence-corrected chi connectivity index (χ3v) is 3.01. The van der Waals surface area contributed by atoms with Gasteiger partial charge in [-0.05, 0) is 40.8 Å². The van der Waals surface area contributed by atoms with Crippen LogP contribution in [0.4, 0.5) is 10.1 Å². The van der Waals surface area contributed by atoms with E-state index in [1.165, 1.54) is 25.0 Å². The van der Waals surface area contributed by atoms with Crippen molar-refractivity contribution in [1.29, 1.82) is 0 Å². The van der Waals surface area contributed by atoms with Gasteiger partial charge in [-0.25, -0.2) is 4.39 Å². The zero-order chi connectivity index (χ0) is 11.5. The Morgan fingerprint density at radius 3 is 2.88 bits per heavy atom. The number of rotatable bonds is 5. The van der Waals surface area contributed by atoms with Crippen molar-refractivity contribution < 1.29 is 13.9 Å². The average molecular weight is 290 g/mol. The van der Waals surface area contributed by atoms with E-state index in [0.29, 0.717) is 28.4 Å². The third-order valence-electron chi connectivity index (χ3n) is 2.40. The molecule has 0 aromatic heterocycles. The molecule has 1 aliphatic rings. The molecular formula is C11H13BrFNO2. The van der Waals surface area contributed by atoms with Gasteiger partial charge in [0.15, 0.2) is 6.79 Å². The number of hydrogen-bond acceptors (Lipinski definition) is 3. The van der Waals surface area contributed by atoms with Gasteiger partial charge in [0, 0.05) is 6.07 Å². The molecule has 0 saturated heterocycles. The van der Waals surface area contributed by atoms with Crippen LogP contribution in [0.2, 0.25) is 0 Å². The van der Waals surface area contributed by atoms with Gasteiger partial charge in [0.1, 0.15) is 11.6 Å². The highest BCUT2D eigenvalue weighted by molar-refractivity contribution is 9.10. The maximum atomic E-state index is 13.2. The molecule has 0 spiro atoms. The second kappa shape index (κ2) is 5.01. The van der Waals surface area contributed by atoms with E-state index in [1.807, 2.05) is 0 Å².